The molecule has 0 heteroatoms. The largest absolute Gasteiger partial charge is 0.0776 e. The Labute approximate surface area is 184 Å². The van der Waals surface area contributed by atoms with Gasteiger partial charge in [-0.3, -0.25) is 0 Å². The van der Waals surface area contributed by atoms with E-state index in [0.29, 0.717) is 10.8 Å². The minimum Gasteiger partial charge on any atom is -0.0776 e. The summed E-state index contributed by atoms with van der Waals surface area (Å²) in [6.45, 7) is 20.2. The van der Waals surface area contributed by atoms with E-state index in [1.807, 2.05) is 27.7 Å². The number of fused-ring (bicyclic) bond motifs is 5. The Bertz CT molecular complexity index is 619. The van der Waals surface area contributed by atoms with E-state index >= 15 is 0 Å². The zero-order valence-corrected chi connectivity index (χ0v) is 20.5. The van der Waals surface area contributed by atoms with Crippen molar-refractivity contribution in [2.45, 2.75) is 121 Å². The van der Waals surface area contributed by atoms with Gasteiger partial charge in [0.05, 0.1) is 0 Å². The highest BCUT2D eigenvalue weighted by Crippen LogP contribution is 2.62. The van der Waals surface area contributed by atoms with Crippen molar-refractivity contribution in [1.29, 1.82) is 0 Å². The highest BCUT2D eigenvalue weighted by atomic mass is 14.6. The quantitative estimate of drug-likeness (QED) is 0.440. The van der Waals surface area contributed by atoms with Gasteiger partial charge in [0.25, 0.3) is 0 Å². The van der Waals surface area contributed by atoms with Crippen LogP contribution in [-0.2, 0) is 12.8 Å². The van der Waals surface area contributed by atoms with Crippen LogP contribution in [0.3, 0.4) is 0 Å². The first kappa shape index (κ1) is 26.3. The van der Waals surface area contributed by atoms with Gasteiger partial charge in [-0.15, -0.1) is 0 Å². The molecular formula is C29H52. The third kappa shape index (κ3) is 5.29. The molecule has 0 N–H and O–H groups in total. The summed E-state index contributed by atoms with van der Waals surface area (Å²) in [5.74, 6) is 3.77. The summed E-state index contributed by atoms with van der Waals surface area (Å²) in [7, 11) is 0. The summed E-state index contributed by atoms with van der Waals surface area (Å²) in [5, 5.41) is 0. The van der Waals surface area contributed by atoms with Crippen LogP contribution in [-0.4, -0.2) is 0 Å². The number of aryl methyl sites for hydroxylation is 1. The number of rotatable bonds is 1. The minimum absolute atomic E-state index is 0. The van der Waals surface area contributed by atoms with Crippen LogP contribution in [0.4, 0.5) is 0 Å². The number of benzene rings is 1. The SMILES string of the molecule is C.CC.CC.CC1CCC2C3CCc4cc(CC(C)(C)C)ccc4C3CCC12C. The second kappa shape index (κ2) is 10.5. The summed E-state index contributed by atoms with van der Waals surface area (Å²) >= 11 is 0. The van der Waals surface area contributed by atoms with Crippen LogP contribution in [0.25, 0.3) is 0 Å². The van der Waals surface area contributed by atoms with Gasteiger partial charge < -0.3 is 0 Å². The zero-order chi connectivity index (χ0) is 21.1. The van der Waals surface area contributed by atoms with Gasteiger partial charge in [-0.2, -0.15) is 0 Å². The van der Waals surface area contributed by atoms with Crippen molar-refractivity contribution in [1.82, 2.24) is 0 Å². The second-order valence-corrected chi connectivity index (χ2v) is 10.7. The lowest BCUT2D eigenvalue weighted by Gasteiger charge is -2.50. The molecule has 2 saturated carbocycles. The van der Waals surface area contributed by atoms with E-state index in [-0.39, 0.29) is 7.43 Å². The van der Waals surface area contributed by atoms with E-state index in [1.54, 1.807) is 16.7 Å². The first-order valence-corrected chi connectivity index (χ1v) is 12.4. The Morgan fingerprint density at radius 2 is 1.62 bits per heavy atom. The van der Waals surface area contributed by atoms with E-state index in [2.05, 4.69) is 52.8 Å². The van der Waals surface area contributed by atoms with Crippen molar-refractivity contribution in [3.8, 4) is 0 Å². The Morgan fingerprint density at radius 3 is 2.24 bits per heavy atom. The van der Waals surface area contributed by atoms with Crippen LogP contribution in [0.5, 0.6) is 0 Å². The lowest BCUT2D eigenvalue weighted by molar-refractivity contribution is 0.0336. The fourth-order valence-electron chi connectivity index (χ4n) is 6.62. The Hall–Kier alpha value is -0.780. The molecule has 2 fully saturated rings. The summed E-state index contributed by atoms with van der Waals surface area (Å²) in [4.78, 5) is 0. The average molecular weight is 401 g/mol. The Kier molecular flexibility index (Phi) is 9.50. The molecule has 0 amide bonds. The van der Waals surface area contributed by atoms with Crippen molar-refractivity contribution in [3.05, 3.63) is 34.9 Å². The molecule has 1 aromatic rings. The van der Waals surface area contributed by atoms with Gasteiger partial charge >= 0.3 is 0 Å². The first-order valence-electron chi connectivity index (χ1n) is 12.4. The molecule has 0 radical (unpaired) electrons. The van der Waals surface area contributed by atoms with Gasteiger partial charge in [0.1, 0.15) is 0 Å². The summed E-state index contributed by atoms with van der Waals surface area (Å²) in [6.07, 6.45) is 9.85. The van der Waals surface area contributed by atoms with Crippen molar-refractivity contribution in [2.75, 3.05) is 0 Å². The Morgan fingerprint density at radius 1 is 0.966 bits per heavy atom. The molecule has 0 nitrogen and oxygen atoms in total. The van der Waals surface area contributed by atoms with Gasteiger partial charge in [0.2, 0.25) is 0 Å². The van der Waals surface area contributed by atoms with Gasteiger partial charge in [-0.05, 0) is 96.1 Å². The van der Waals surface area contributed by atoms with Gasteiger partial charge in [-0.1, -0.05) is 87.9 Å². The van der Waals surface area contributed by atoms with E-state index in [9.17, 15) is 0 Å². The fraction of sp³-hybridized carbons (Fsp3) is 0.793. The van der Waals surface area contributed by atoms with Crippen LogP contribution >= 0.6 is 0 Å². The molecule has 4 rings (SSSR count). The fourth-order valence-corrected chi connectivity index (χ4v) is 6.62. The van der Waals surface area contributed by atoms with Crippen LogP contribution < -0.4 is 0 Å². The number of hydrogen-bond donors (Lipinski definition) is 0. The molecule has 1 aromatic carbocycles. The maximum Gasteiger partial charge on any atom is -0.0128 e. The highest BCUT2D eigenvalue weighted by molar-refractivity contribution is 5.38. The molecular weight excluding hydrogens is 348 g/mol. The van der Waals surface area contributed by atoms with Crippen LogP contribution in [0.15, 0.2) is 18.2 Å². The lowest BCUT2D eigenvalue weighted by Crippen LogP contribution is -2.41. The Balaban J connectivity index is 0.000000794. The van der Waals surface area contributed by atoms with Gasteiger partial charge in [0.15, 0.2) is 0 Å². The van der Waals surface area contributed by atoms with E-state index in [1.165, 1.54) is 44.9 Å². The summed E-state index contributed by atoms with van der Waals surface area (Å²) in [6, 6.07) is 7.52. The molecule has 0 aliphatic heterocycles. The molecule has 5 unspecified atom stereocenters. The van der Waals surface area contributed by atoms with Crippen molar-refractivity contribution in [3.63, 3.8) is 0 Å². The molecule has 3 aliphatic rings. The third-order valence-corrected chi connectivity index (χ3v) is 8.00. The van der Waals surface area contributed by atoms with E-state index in [0.717, 1.165) is 23.7 Å². The molecule has 168 valence electrons. The molecule has 3 aliphatic carbocycles. The van der Waals surface area contributed by atoms with Gasteiger partial charge in [0, 0.05) is 0 Å². The molecule has 0 aromatic heterocycles. The van der Waals surface area contributed by atoms with Gasteiger partial charge in [-0.25, -0.2) is 0 Å². The maximum atomic E-state index is 2.62. The monoisotopic (exact) mass is 400 g/mol. The number of hydrogen-bond acceptors (Lipinski definition) is 0. The minimum atomic E-state index is 0. The van der Waals surface area contributed by atoms with Crippen molar-refractivity contribution >= 4 is 0 Å². The van der Waals surface area contributed by atoms with E-state index < -0.39 is 0 Å². The predicted octanol–water partition coefficient (Wildman–Crippen LogP) is 9.46. The van der Waals surface area contributed by atoms with Crippen LogP contribution in [0, 0.1) is 28.6 Å². The van der Waals surface area contributed by atoms with Crippen LogP contribution in [0.2, 0.25) is 0 Å². The third-order valence-electron chi connectivity index (χ3n) is 8.00. The van der Waals surface area contributed by atoms with Crippen molar-refractivity contribution in [2.24, 2.45) is 28.6 Å². The topological polar surface area (TPSA) is 0 Å². The zero-order valence-electron chi connectivity index (χ0n) is 20.5. The van der Waals surface area contributed by atoms with E-state index in [4.69, 9.17) is 0 Å². The first-order chi connectivity index (χ1) is 13.3. The average Bonchev–Trinajstić information content (AvgIpc) is 2.98. The van der Waals surface area contributed by atoms with Crippen LogP contribution in [0.1, 0.15) is 124 Å². The molecule has 0 saturated heterocycles. The molecule has 0 spiro atoms. The molecule has 0 heterocycles. The molecule has 29 heavy (non-hydrogen) atoms. The molecule has 5 atom stereocenters. The summed E-state index contributed by atoms with van der Waals surface area (Å²) in [5.41, 5.74) is 6.00. The highest BCUT2D eigenvalue weighted by Gasteiger charge is 2.53. The maximum absolute atomic E-state index is 2.62. The standard InChI is InChI=1S/C24H36.2C2H6.CH4/c1-16-6-11-22-21-10-8-18-14-17(15-23(2,3)4)7-9-19(18)20(21)12-13-24(16,22)5;2*1-2;/h7,9,14,16,20-22H,6,8,10-13,15H2,1-5H3;2*1-2H3;1H4. The predicted molar refractivity (Wildman–Crippen MR) is 133 cm³/mol. The smallest absolute Gasteiger partial charge is 0.0128 e. The second-order valence-electron chi connectivity index (χ2n) is 10.7. The lowest BCUT2D eigenvalue weighted by atomic mass is 9.54. The molecule has 0 bridgehead atoms. The van der Waals surface area contributed by atoms with Crippen molar-refractivity contribution < 1.29 is 0 Å². The summed E-state index contributed by atoms with van der Waals surface area (Å²) < 4.78 is 0. The normalized spacial score (nSPS) is 32.2.